The number of amides is 1. The predicted molar refractivity (Wildman–Crippen MR) is 97.8 cm³/mol. The van der Waals surface area contributed by atoms with E-state index in [0.717, 1.165) is 28.8 Å². The third kappa shape index (κ3) is 3.43. The molecule has 2 aromatic carbocycles. The van der Waals surface area contributed by atoms with E-state index in [0.29, 0.717) is 12.3 Å². The fourth-order valence-corrected chi connectivity index (χ4v) is 3.20. The number of benzene rings is 2. The Bertz CT molecular complexity index is 813. The van der Waals surface area contributed by atoms with Gasteiger partial charge >= 0.3 is 5.97 Å². The molecule has 2 aromatic rings. The summed E-state index contributed by atoms with van der Waals surface area (Å²) in [6.07, 6.45) is 1.04. The molecular weight excluding hydrogens is 314 g/mol. The predicted octanol–water partition coefficient (Wildman–Crippen LogP) is 3.82. The van der Waals surface area contributed by atoms with E-state index in [4.69, 9.17) is 4.74 Å². The van der Waals surface area contributed by atoms with Crippen LogP contribution in [-0.4, -0.2) is 18.4 Å². The number of aryl methyl sites for hydroxylation is 2. The average Bonchev–Trinajstić information content (AvgIpc) is 3.00. The quantitative estimate of drug-likeness (QED) is 0.629. The summed E-state index contributed by atoms with van der Waals surface area (Å²) in [6.45, 7) is 6.35. The summed E-state index contributed by atoms with van der Waals surface area (Å²) in [5.74, 6) is -0.218. The first-order chi connectivity index (χ1) is 12.0. The molecule has 25 heavy (non-hydrogen) atoms. The second kappa shape index (κ2) is 7.09. The highest BCUT2D eigenvalue weighted by Gasteiger charge is 2.37. The van der Waals surface area contributed by atoms with E-state index in [9.17, 15) is 9.59 Å². The molecule has 1 aliphatic heterocycles. The Hall–Kier alpha value is -2.62. The maximum Gasteiger partial charge on any atom is 0.316 e. The van der Waals surface area contributed by atoms with Gasteiger partial charge in [0.05, 0.1) is 5.92 Å². The SMILES string of the molecule is CCc1ccccc1N1C[C@H](C(=O)Oc2cccc(C)c2C)CC1=O. The van der Waals surface area contributed by atoms with E-state index >= 15 is 0 Å². The molecule has 0 radical (unpaired) electrons. The largest absolute Gasteiger partial charge is 0.426 e. The van der Waals surface area contributed by atoms with Crippen LogP contribution in [0.15, 0.2) is 42.5 Å². The molecule has 0 N–H and O–H groups in total. The highest BCUT2D eigenvalue weighted by atomic mass is 16.5. The van der Waals surface area contributed by atoms with Crippen LogP contribution in [0.3, 0.4) is 0 Å². The third-order valence-electron chi connectivity index (χ3n) is 4.89. The van der Waals surface area contributed by atoms with E-state index < -0.39 is 5.92 Å². The van der Waals surface area contributed by atoms with Crippen molar-refractivity contribution in [3.63, 3.8) is 0 Å². The first kappa shape index (κ1) is 17.2. The topological polar surface area (TPSA) is 46.6 Å². The molecule has 0 bridgehead atoms. The minimum atomic E-state index is -0.433. The molecule has 0 saturated carbocycles. The maximum absolute atomic E-state index is 12.6. The number of carbonyl (C=O) groups excluding carboxylic acids is 2. The first-order valence-corrected chi connectivity index (χ1v) is 8.67. The van der Waals surface area contributed by atoms with Crippen molar-refractivity contribution in [3.8, 4) is 5.75 Å². The van der Waals surface area contributed by atoms with Crippen LogP contribution < -0.4 is 9.64 Å². The highest BCUT2D eigenvalue weighted by molar-refractivity contribution is 6.00. The number of anilines is 1. The second-order valence-electron chi connectivity index (χ2n) is 6.51. The minimum absolute atomic E-state index is 0.0242. The zero-order valence-electron chi connectivity index (χ0n) is 14.9. The molecule has 130 valence electrons. The van der Waals surface area contributed by atoms with Gasteiger partial charge in [0.15, 0.2) is 0 Å². The summed E-state index contributed by atoms with van der Waals surface area (Å²) in [5.41, 5.74) is 4.04. The summed E-state index contributed by atoms with van der Waals surface area (Å²) in [4.78, 5) is 26.7. The molecule has 1 fully saturated rings. The lowest BCUT2D eigenvalue weighted by Gasteiger charge is -2.19. The Morgan fingerprint density at radius 3 is 2.68 bits per heavy atom. The average molecular weight is 337 g/mol. The van der Waals surface area contributed by atoms with Crippen LogP contribution in [-0.2, 0) is 16.0 Å². The van der Waals surface area contributed by atoms with Crippen molar-refractivity contribution in [1.82, 2.24) is 0 Å². The van der Waals surface area contributed by atoms with Gasteiger partial charge in [-0.1, -0.05) is 37.3 Å². The normalized spacial score (nSPS) is 17.0. The van der Waals surface area contributed by atoms with Crippen LogP contribution in [0.1, 0.15) is 30.0 Å². The Morgan fingerprint density at radius 2 is 1.92 bits per heavy atom. The smallest absolute Gasteiger partial charge is 0.316 e. The second-order valence-corrected chi connectivity index (χ2v) is 6.51. The zero-order chi connectivity index (χ0) is 18.0. The lowest BCUT2D eigenvalue weighted by molar-refractivity contribution is -0.139. The molecule has 0 aromatic heterocycles. The Morgan fingerprint density at radius 1 is 1.16 bits per heavy atom. The number of hydrogen-bond donors (Lipinski definition) is 0. The van der Waals surface area contributed by atoms with E-state index in [-0.39, 0.29) is 18.3 Å². The van der Waals surface area contributed by atoms with Gasteiger partial charge in [-0.3, -0.25) is 9.59 Å². The van der Waals surface area contributed by atoms with Crippen molar-refractivity contribution in [2.24, 2.45) is 5.92 Å². The van der Waals surface area contributed by atoms with Crippen molar-refractivity contribution in [2.75, 3.05) is 11.4 Å². The number of carbonyl (C=O) groups is 2. The molecule has 1 amide bonds. The van der Waals surface area contributed by atoms with Gasteiger partial charge in [0, 0.05) is 18.7 Å². The summed E-state index contributed by atoms with van der Waals surface area (Å²) in [6, 6.07) is 13.5. The van der Waals surface area contributed by atoms with Crippen molar-refractivity contribution in [3.05, 3.63) is 59.2 Å². The van der Waals surface area contributed by atoms with Crippen LogP contribution in [0.2, 0.25) is 0 Å². The fourth-order valence-electron chi connectivity index (χ4n) is 3.20. The summed E-state index contributed by atoms with van der Waals surface area (Å²) >= 11 is 0. The summed E-state index contributed by atoms with van der Waals surface area (Å²) in [7, 11) is 0. The minimum Gasteiger partial charge on any atom is -0.426 e. The lowest BCUT2D eigenvalue weighted by Crippen LogP contribution is -2.28. The number of ether oxygens (including phenoxy) is 1. The zero-order valence-corrected chi connectivity index (χ0v) is 14.9. The molecule has 0 aliphatic carbocycles. The van der Waals surface area contributed by atoms with Crippen molar-refractivity contribution < 1.29 is 14.3 Å². The van der Waals surface area contributed by atoms with Gasteiger partial charge in [0.1, 0.15) is 5.75 Å². The standard InChI is InChI=1S/C21H23NO3/c1-4-16-9-5-6-10-18(16)22-13-17(12-20(22)23)21(24)25-19-11-7-8-14(2)15(19)3/h5-11,17H,4,12-13H2,1-3H3/t17-/m1/s1. The molecule has 0 spiro atoms. The summed E-state index contributed by atoms with van der Waals surface area (Å²) < 4.78 is 5.58. The van der Waals surface area contributed by atoms with Crippen LogP contribution in [0.5, 0.6) is 5.75 Å². The molecular formula is C21H23NO3. The number of nitrogens with zero attached hydrogens (tertiary/aromatic N) is 1. The molecule has 3 rings (SSSR count). The van der Waals surface area contributed by atoms with E-state index in [1.165, 1.54) is 0 Å². The van der Waals surface area contributed by atoms with Crippen LogP contribution in [0.4, 0.5) is 5.69 Å². The van der Waals surface area contributed by atoms with Crippen LogP contribution >= 0.6 is 0 Å². The molecule has 1 aliphatic rings. The van der Waals surface area contributed by atoms with Gasteiger partial charge in [-0.05, 0) is 49.1 Å². The Labute approximate surface area is 148 Å². The van der Waals surface area contributed by atoms with Gasteiger partial charge in [0.2, 0.25) is 5.91 Å². The molecule has 4 nitrogen and oxygen atoms in total. The number of para-hydroxylation sites is 1. The lowest BCUT2D eigenvalue weighted by atomic mass is 10.1. The van der Waals surface area contributed by atoms with Gasteiger partial charge in [-0.2, -0.15) is 0 Å². The molecule has 1 atom stereocenters. The van der Waals surface area contributed by atoms with Gasteiger partial charge in [0.25, 0.3) is 0 Å². The number of rotatable bonds is 4. The Balaban J connectivity index is 1.76. The van der Waals surface area contributed by atoms with Crippen molar-refractivity contribution in [2.45, 2.75) is 33.6 Å². The Kier molecular flexibility index (Phi) is 4.88. The van der Waals surface area contributed by atoms with E-state index in [1.807, 2.05) is 50.2 Å². The van der Waals surface area contributed by atoms with Crippen molar-refractivity contribution >= 4 is 17.6 Å². The maximum atomic E-state index is 12.6. The molecule has 1 heterocycles. The van der Waals surface area contributed by atoms with Gasteiger partial charge in [-0.25, -0.2) is 0 Å². The van der Waals surface area contributed by atoms with Crippen molar-refractivity contribution in [1.29, 1.82) is 0 Å². The van der Waals surface area contributed by atoms with Crippen LogP contribution in [0.25, 0.3) is 0 Å². The summed E-state index contributed by atoms with van der Waals surface area (Å²) in [5, 5.41) is 0. The van der Waals surface area contributed by atoms with Gasteiger partial charge < -0.3 is 9.64 Å². The molecule has 4 heteroatoms. The van der Waals surface area contributed by atoms with Gasteiger partial charge in [-0.15, -0.1) is 0 Å². The monoisotopic (exact) mass is 337 g/mol. The first-order valence-electron chi connectivity index (χ1n) is 8.67. The third-order valence-corrected chi connectivity index (χ3v) is 4.89. The van der Waals surface area contributed by atoms with Crippen LogP contribution in [0, 0.1) is 19.8 Å². The molecule has 0 unspecified atom stereocenters. The highest BCUT2D eigenvalue weighted by Crippen LogP contribution is 2.30. The van der Waals surface area contributed by atoms with E-state index in [1.54, 1.807) is 11.0 Å². The molecule has 1 saturated heterocycles. The van der Waals surface area contributed by atoms with E-state index in [2.05, 4.69) is 6.92 Å². The number of esters is 1. The fraction of sp³-hybridized carbons (Fsp3) is 0.333. The number of hydrogen-bond acceptors (Lipinski definition) is 3.